The number of anilines is 1. The average Bonchev–Trinajstić information content (AvgIpc) is 3.18. The Kier molecular flexibility index (Phi) is 9.85. The molecule has 13 nitrogen and oxygen atoms in total. The number of Topliss-reactive ketones (excluding diaryl/α,β-unsaturated/α-hetero) is 2. The molecule has 0 aliphatic carbocycles. The van der Waals surface area contributed by atoms with E-state index in [1.807, 2.05) is 0 Å². The van der Waals surface area contributed by atoms with Gasteiger partial charge in [0.25, 0.3) is 0 Å². The third kappa shape index (κ3) is 6.48. The number of aromatic nitrogens is 2. The van der Waals surface area contributed by atoms with Crippen molar-refractivity contribution in [2.24, 2.45) is 35.0 Å². The van der Waals surface area contributed by atoms with Crippen LogP contribution in [0.15, 0.2) is 17.1 Å². The van der Waals surface area contributed by atoms with Gasteiger partial charge in [-0.15, -0.1) is 0 Å². The van der Waals surface area contributed by atoms with Gasteiger partial charge in [0.1, 0.15) is 24.3 Å². The zero-order valence-corrected chi connectivity index (χ0v) is 22.1. The van der Waals surface area contributed by atoms with E-state index in [1.165, 1.54) is 12.3 Å². The molecule has 1 aromatic rings. The van der Waals surface area contributed by atoms with Crippen molar-refractivity contribution in [2.75, 3.05) is 5.32 Å². The van der Waals surface area contributed by atoms with Gasteiger partial charge in [-0.1, -0.05) is 41.5 Å². The Morgan fingerprint density at radius 1 is 1.05 bits per heavy atom. The summed E-state index contributed by atoms with van der Waals surface area (Å²) >= 11 is 0. The molecule has 2 heterocycles. The van der Waals surface area contributed by atoms with Crippen LogP contribution in [0.1, 0.15) is 54.2 Å². The van der Waals surface area contributed by atoms with Crippen LogP contribution in [0.4, 0.5) is 5.82 Å². The van der Waals surface area contributed by atoms with Crippen LogP contribution >= 0.6 is 0 Å². The molecule has 1 aliphatic rings. The number of aliphatic hydroxyl groups is 2. The molecule has 2 rings (SSSR count). The number of aliphatic hydroxyl groups excluding tert-OH is 1. The Bertz CT molecular complexity index is 1060. The van der Waals surface area contributed by atoms with Gasteiger partial charge in [-0.05, 0) is 23.8 Å². The zero-order chi connectivity index (χ0) is 28.4. The van der Waals surface area contributed by atoms with Crippen molar-refractivity contribution in [1.82, 2.24) is 9.55 Å². The fraction of sp³-hybridized carbons (Fsp3) is 0.708. The Labute approximate surface area is 215 Å². The molecule has 7 atom stereocenters. The summed E-state index contributed by atoms with van der Waals surface area (Å²) in [6.45, 7) is 10.3. The highest BCUT2D eigenvalue weighted by atomic mass is 16.6. The van der Waals surface area contributed by atoms with Gasteiger partial charge in [0.05, 0.1) is 18.1 Å². The maximum atomic E-state index is 13.2. The Morgan fingerprint density at radius 3 is 2.08 bits per heavy atom. The molecule has 1 unspecified atom stereocenters. The van der Waals surface area contributed by atoms with Crippen LogP contribution in [0.5, 0.6) is 0 Å². The molecule has 9 N–H and O–H groups in total. The molecule has 37 heavy (non-hydrogen) atoms. The zero-order valence-electron chi connectivity index (χ0n) is 22.1. The summed E-state index contributed by atoms with van der Waals surface area (Å²) in [6, 6.07) is -1.71. The lowest BCUT2D eigenvalue weighted by Crippen LogP contribution is -2.60. The Morgan fingerprint density at radius 2 is 1.59 bits per heavy atom. The lowest BCUT2D eigenvalue weighted by molar-refractivity contribution is -0.163. The van der Waals surface area contributed by atoms with Gasteiger partial charge in [-0.2, -0.15) is 4.98 Å². The number of nitrogens with zero attached hydrogens (tertiary/aromatic N) is 2. The van der Waals surface area contributed by atoms with Gasteiger partial charge < -0.3 is 37.5 Å². The molecule has 1 aliphatic heterocycles. The van der Waals surface area contributed by atoms with E-state index in [4.69, 9.17) is 21.9 Å². The molecule has 1 saturated heterocycles. The second kappa shape index (κ2) is 11.9. The highest BCUT2D eigenvalue weighted by molar-refractivity contribution is 5.95. The monoisotopic (exact) mass is 524 g/mol. The van der Waals surface area contributed by atoms with Crippen LogP contribution in [0.2, 0.25) is 0 Å². The number of rotatable bonds is 11. The first-order valence-corrected chi connectivity index (χ1v) is 12.3. The van der Waals surface area contributed by atoms with E-state index in [0.717, 1.165) is 4.57 Å². The van der Waals surface area contributed by atoms with E-state index in [9.17, 15) is 29.4 Å². The fourth-order valence-corrected chi connectivity index (χ4v) is 3.93. The van der Waals surface area contributed by atoms with Crippen LogP contribution in [0.25, 0.3) is 0 Å². The van der Waals surface area contributed by atoms with Crippen LogP contribution in [0.3, 0.4) is 0 Å². The van der Waals surface area contributed by atoms with Crippen LogP contribution < -0.4 is 28.2 Å². The normalized spacial score (nSPS) is 25.2. The van der Waals surface area contributed by atoms with E-state index in [1.54, 1.807) is 41.5 Å². The minimum atomic E-state index is -2.39. The summed E-state index contributed by atoms with van der Waals surface area (Å²) in [6.07, 6.45) is -4.21. The van der Waals surface area contributed by atoms with Crippen molar-refractivity contribution in [3.8, 4) is 0 Å². The average molecular weight is 525 g/mol. The molecule has 0 bridgehead atoms. The first-order chi connectivity index (χ1) is 17.0. The second-order valence-corrected chi connectivity index (χ2v) is 10.7. The topological polar surface area (TPSA) is 226 Å². The standard InChI is InChI=1S/C24H40N6O7/c1-10(2)15(25)18(31)19(32)21-24(36,20(33)16(26)11(3)4)9-14(37-21)30-8-7-13(29-23(30)35)28-22(34)17(27)12(5)6/h7-8,10-12,14-17,19,21,32,36H,9,25-27H2,1-6H3,(H,28,29,34,35)/t14-,15+,16+,17+,19?,21-,24-/m1/s1. The molecule has 0 aromatic carbocycles. The number of carbonyl (C=O) groups excluding carboxylic acids is 3. The summed E-state index contributed by atoms with van der Waals surface area (Å²) in [5.74, 6) is -3.09. The van der Waals surface area contributed by atoms with Crippen molar-refractivity contribution in [2.45, 2.75) is 90.1 Å². The number of amides is 1. The van der Waals surface area contributed by atoms with Gasteiger partial charge in [-0.25, -0.2) is 4.79 Å². The molecular formula is C24H40N6O7. The van der Waals surface area contributed by atoms with Crippen LogP contribution in [0, 0.1) is 17.8 Å². The van der Waals surface area contributed by atoms with Gasteiger partial charge in [-0.3, -0.25) is 19.0 Å². The molecule has 208 valence electrons. The predicted molar refractivity (Wildman–Crippen MR) is 135 cm³/mol. The molecule has 0 radical (unpaired) electrons. The number of hydrogen-bond donors (Lipinski definition) is 6. The Balaban J connectivity index is 2.41. The summed E-state index contributed by atoms with van der Waals surface area (Å²) in [7, 11) is 0. The van der Waals surface area contributed by atoms with Gasteiger partial charge in [0.2, 0.25) is 5.91 Å². The van der Waals surface area contributed by atoms with Crippen molar-refractivity contribution < 1.29 is 29.3 Å². The number of ketones is 2. The third-order valence-electron chi connectivity index (χ3n) is 6.75. The lowest BCUT2D eigenvalue weighted by Gasteiger charge is -2.33. The molecule has 0 saturated carbocycles. The molecule has 0 spiro atoms. The smallest absolute Gasteiger partial charge is 0.351 e. The summed E-state index contributed by atoms with van der Waals surface area (Å²) in [5, 5.41) is 24.8. The maximum absolute atomic E-state index is 13.2. The number of ether oxygens (including phenoxy) is 1. The fourth-order valence-electron chi connectivity index (χ4n) is 3.93. The molecule has 1 fully saturated rings. The first kappa shape index (κ1) is 30.7. The molecule has 13 heteroatoms. The van der Waals surface area contributed by atoms with E-state index < -0.39 is 71.7 Å². The van der Waals surface area contributed by atoms with E-state index in [-0.39, 0.29) is 23.6 Å². The second-order valence-electron chi connectivity index (χ2n) is 10.7. The highest BCUT2D eigenvalue weighted by Crippen LogP contribution is 2.40. The van der Waals surface area contributed by atoms with Gasteiger partial charge in [0, 0.05) is 12.6 Å². The van der Waals surface area contributed by atoms with Gasteiger partial charge >= 0.3 is 5.69 Å². The third-order valence-corrected chi connectivity index (χ3v) is 6.75. The van der Waals surface area contributed by atoms with E-state index in [0.29, 0.717) is 0 Å². The van der Waals surface area contributed by atoms with Crippen LogP contribution in [-0.4, -0.2) is 73.2 Å². The molecule has 1 amide bonds. The van der Waals surface area contributed by atoms with Crippen molar-refractivity contribution in [3.05, 3.63) is 22.7 Å². The van der Waals surface area contributed by atoms with Crippen molar-refractivity contribution in [1.29, 1.82) is 0 Å². The SMILES string of the molecule is CC(C)[C@H](N)C(=O)Nc1ccn([C@H]2C[C@@](O)(C(=O)[C@@H](N)C(C)C)[C@@H](C(O)C(=O)[C@@H](N)C(C)C)O2)c(=O)n1. The predicted octanol–water partition coefficient (Wildman–Crippen LogP) is -1.35. The van der Waals surface area contributed by atoms with E-state index in [2.05, 4.69) is 10.3 Å². The van der Waals surface area contributed by atoms with Gasteiger partial charge in [0.15, 0.2) is 17.2 Å². The maximum Gasteiger partial charge on any atom is 0.351 e. The first-order valence-electron chi connectivity index (χ1n) is 12.3. The van der Waals surface area contributed by atoms with Crippen molar-refractivity contribution >= 4 is 23.3 Å². The number of carbonyl (C=O) groups is 3. The van der Waals surface area contributed by atoms with E-state index >= 15 is 0 Å². The number of nitrogens with one attached hydrogen (secondary N) is 1. The summed E-state index contributed by atoms with van der Waals surface area (Å²) in [5.41, 5.74) is 14.5. The summed E-state index contributed by atoms with van der Waals surface area (Å²) < 4.78 is 6.74. The quantitative estimate of drug-likeness (QED) is 0.198. The van der Waals surface area contributed by atoms with Crippen LogP contribution in [-0.2, 0) is 19.1 Å². The molecular weight excluding hydrogens is 484 g/mol. The summed E-state index contributed by atoms with van der Waals surface area (Å²) in [4.78, 5) is 54.9. The largest absolute Gasteiger partial charge is 0.382 e. The minimum Gasteiger partial charge on any atom is -0.382 e. The molecule has 1 aromatic heterocycles. The minimum absolute atomic E-state index is 0.0526. The highest BCUT2D eigenvalue weighted by Gasteiger charge is 2.59. The van der Waals surface area contributed by atoms with Crippen molar-refractivity contribution in [3.63, 3.8) is 0 Å². The number of hydrogen-bond acceptors (Lipinski definition) is 11. The Hall–Kier alpha value is -2.55. The lowest BCUT2D eigenvalue weighted by atomic mass is 9.79. The number of nitrogens with two attached hydrogens (primary N) is 3.